The number of hydrogen-bond acceptors (Lipinski definition) is 6. The molecule has 0 saturated heterocycles. The van der Waals surface area contributed by atoms with Gasteiger partial charge in [-0.05, 0) is 13.8 Å². The molecule has 124 valence electrons. The third-order valence-electron chi connectivity index (χ3n) is 3.32. The smallest absolute Gasteiger partial charge is 0.340 e. The van der Waals surface area contributed by atoms with Crippen molar-refractivity contribution in [1.82, 2.24) is 4.57 Å². The molecular formula is C15H18N2O6. The van der Waals surface area contributed by atoms with E-state index in [0.717, 1.165) is 0 Å². The normalized spacial score (nSPS) is 14.0. The molecule has 8 nitrogen and oxygen atoms in total. The largest absolute Gasteiger partial charge is 0.507 e. The van der Waals surface area contributed by atoms with Gasteiger partial charge in [-0.2, -0.15) is 0 Å². The van der Waals surface area contributed by atoms with Crippen LogP contribution in [0, 0.1) is 0 Å². The minimum atomic E-state index is -0.799. The summed E-state index contributed by atoms with van der Waals surface area (Å²) in [5.41, 5.74) is -0.0782. The number of aliphatic hydroxyl groups is 1. The van der Waals surface area contributed by atoms with E-state index >= 15 is 0 Å². The maximum Gasteiger partial charge on any atom is 0.340 e. The standard InChI is InChI=1S/C15H18N2O6/c1-4-22-14(20)8-6-10(18)16-13-11(12(8)19)9(7-17(13)3)15(21)23-5-2/h7,19H,4-6H2,1-3H3,(H,16,18). The van der Waals surface area contributed by atoms with Crippen LogP contribution in [0.4, 0.5) is 5.82 Å². The second-order valence-electron chi connectivity index (χ2n) is 4.87. The van der Waals surface area contributed by atoms with Crippen molar-refractivity contribution in [2.24, 2.45) is 7.05 Å². The highest BCUT2D eigenvalue weighted by atomic mass is 16.5. The summed E-state index contributed by atoms with van der Waals surface area (Å²) in [5.74, 6) is -2.19. The Morgan fingerprint density at radius 3 is 2.48 bits per heavy atom. The van der Waals surface area contributed by atoms with E-state index in [1.807, 2.05) is 0 Å². The van der Waals surface area contributed by atoms with Gasteiger partial charge in [-0.15, -0.1) is 0 Å². The molecular weight excluding hydrogens is 304 g/mol. The highest BCUT2D eigenvalue weighted by molar-refractivity contribution is 6.10. The van der Waals surface area contributed by atoms with Crippen molar-refractivity contribution in [1.29, 1.82) is 0 Å². The van der Waals surface area contributed by atoms with Crippen LogP contribution in [0.5, 0.6) is 0 Å². The van der Waals surface area contributed by atoms with Crippen LogP contribution in [0.15, 0.2) is 11.8 Å². The van der Waals surface area contributed by atoms with Crippen LogP contribution in [0.2, 0.25) is 0 Å². The molecule has 0 atom stereocenters. The number of aliphatic hydroxyl groups excluding tert-OH is 1. The predicted octanol–water partition coefficient (Wildman–Crippen LogP) is 1.38. The lowest BCUT2D eigenvalue weighted by molar-refractivity contribution is -0.139. The second kappa shape index (κ2) is 6.55. The van der Waals surface area contributed by atoms with Crippen molar-refractivity contribution < 1.29 is 29.0 Å². The minimum absolute atomic E-state index is 0.0554. The Bertz CT molecular complexity index is 701. The van der Waals surface area contributed by atoms with E-state index in [1.54, 1.807) is 20.9 Å². The summed E-state index contributed by atoms with van der Waals surface area (Å²) >= 11 is 0. The number of aromatic nitrogens is 1. The number of ether oxygens (including phenoxy) is 2. The van der Waals surface area contributed by atoms with E-state index in [-0.39, 0.29) is 42.2 Å². The highest BCUT2D eigenvalue weighted by Crippen LogP contribution is 2.34. The minimum Gasteiger partial charge on any atom is -0.507 e. The zero-order valence-corrected chi connectivity index (χ0v) is 13.1. The van der Waals surface area contributed by atoms with Crippen LogP contribution < -0.4 is 5.32 Å². The van der Waals surface area contributed by atoms with E-state index < -0.39 is 23.6 Å². The van der Waals surface area contributed by atoms with Crippen LogP contribution in [0.3, 0.4) is 0 Å². The van der Waals surface area contributed by atoms with E-state index in [1.165, 1.54) is 10.8 Å². The Morgan fingerprint density at radius 1 is 1.26 bits per heavy atom. The van der Waals surface area contributed by atoms with Crippen molar-refractivity contribution in [3.63, 3.8) is 0 Å². The molecule has 0 aliphatic carbocycles. The monoisotopic (exact) mass is 322 g/mol. The summed E-state index contributed by atoms with van der Waals surface area (Å²) in [7, 11) is 1.60. The summed E-state index contributed by atoms with van der Waals surface area (Å²) in [5, 5.41) is 13.1. The molecule has 0 saturated carbocycles. The first-order chi connectivity index (χ1) is 10.9. The number of amides is 1. The maximum atomic E-state index is 12.1. The number of hydrogen-bond donors (Lipinski definition) is 2. The van der Waals surface area contributed by atoms with Crippen LogP contribution in [-0.2, 0) is 26.1 Å². The van der Waals surface area contributed by atoms with Gasteiger partial charge in [-0.25, -0.2) is 9.59 Å². The molecule has 2 heterocycles. The van der Waals surface area contributed by atoms with Gasteiger partial charge in [-0.1, -0.05) is 0 Å². The first-order valence-corrected chi connectivity index (χ1v) is 7.16. The van der Waals surface area contributed by atoms with E-state index in [9.17, 15) is 19.5 Å². The second-order valence-corrected chi connectivity index (χ2v) is 4.87. The third-order valence-corrected chi connectivity index (χ3v) is 3.32. The van der Waals surface area contributed by atoms with Crippen molar-refractivity contribution in [3.8, 4) is 0 Å². The predicted molar refractivity (Wildman–Crippen MR) is 80.8 cm³/mol. The van der Waals surface area contributed by atoms with Crippen molar-refractivity contribution in [2.45, 2.75) is 20.3 Å². The maximum absolute atomic E-state index is 12.1. The van der Waals surface area contributed by atoms with Gasteiger partial charge < -0.3 is 24.5 Å². The van der Waals surface area contributed by atoms with Crippen LogP contribution >= 0.6 is 0 Å². The molecule has 0 aromatic carbocycles. The molecule has 23 heavy (non-hydrogen) atoms. The molecule has 0 spiro atoms. The van der Waals surface area contributed by atoms with Crippen LogP contribution in [0.1, 0.15) is 36.2 Å². The van der Waals surface area contributed by atoms with Crippen molar-refractivity contribution in [2.75, 3.05) is 18.5 Å². The molecule has 1 aromatic rings. The summed E-state index contributed by atoms with van der Waals surface area (Å²) in [4.78, 5) is 36.0. The van der Waals surface area contributed by atoms with Gasteiger partial charge in [0.2, 0.25) is 5.91 Å². The highest BCUT2D eigenvalue weighted by Gasteiger charge is 2.32. The lowest BCUT2D eigenvalue weighted by Gasteiger charge is -2.08. The third kappa shape index (κ3) is 3.05. The molecule has 0 bridgehead atoms. The Hall–Kier alpha value is -2.77. The fourth-order valence-corrected chi connectivity index (χ4v) is 2.34. The average molecular weight is 322 g/mol. The summed E-state index contributed by atoms with van der Waals surface area (Å²) in [6.45, 7) is 3.53. The number of fused-ring (bicyclic) bond motifs is 1. The average Bonchev–Trinajstić information content (AvgIpc) is 2.74. The van der Waals surface area contributed by atoms with E-state index in [4.69, 9.17) is 9.47 Å². The molecule has 8 heteroatoms. The molecule has 2 N–H and O–H groups in total. The van der Waals surface area contributed by atoms with Gasteiger partial charge in [0.1, 0.15) is 11.6 Å². The first kappa shape index (κ1) is 16.6. The summed E-state index contributed by atoms with van der Waals surface area (Å²) < 4.78 is 11.3. The fourth-order valence-electron chi connectivity index (χ4n) is 2.34. The van der Waals surface area contributed by atoms with E-state index in [2.05, 4.69) is 5.32 Å². The lowest BCUT2D eigenvalue weighted by atomic mass is 10.1. The van der Waals surface area contributed by atoms with Crippen molar-refractivity contribution in [3.05, 3.63) is 22.9 Å². The fraction of sp³-hybridized carbons (Fsp3) is 0.400. The number of rotatable bonds is 4. The van der Waals surface area contributed by atoms with Crippen LogP contribution in [-0.4, -0.2) is 40.7 Å². The zero-order valence-electron chi connectivity index (χ0n) is 13.1. The number of esters is 2. The molecule has 1 aromatic heterocycles. The quantitative estimate of drug-likeness (QED) is 0.811. The molecule has 2 rings (SSSR count). The number of carbonyl (C=O) groups is 3. The van der Waals surface area contributed by atoms with Gasteiger partial charge in [0.25, 0.3) is 0 Å². The molecule has 0 radical (unpaired) electrons. The number of carbonyl (C=O) groups excluding carboxylic acids is 3. The topological polar surface area (TPSA) is 107 Å². The molecule has 1 aliphatic rings. The van der Waals surface area contributed by atoms with E-state index in [0.29, 0.717) is 0 Å². The SMILES string of the molecule is CCOC(=O)C1=C(O)c2c(C(=O)OCC)cn(C)c2NC(=O)C1. The van der Waals surface area contributed by atoms with Gasteiger partial charge in [-0.3, -0.25) is 4.79 Å². The Morgan fingerprint density at radius 2 is 1.87 bits per heavy atom. The lowest BCUT2D eigenvalue weighted by Crippen LogP contribution is -2.17. The summed E-state index contributed by atoms with van der Waals surface area (Å²) in [6.07, 6.45) is 1.08. The molecule has 0 unspecified atom stereocenters. The number of nitrogens with one attached hydrogen (secondary N) is 1. The number of aryl methyl sites for hydroxylation is 1. The number of nitrogens with zero attached hydrogens (tertiary/aromatic N) is 1. The van der Waals surface area contributed by atoms with Gasteiger partial charge >= 0.3 is 11.9 Å². The van der Waals surface area contributed by atoms with Gasteiger partial charge in [0, 0.05) is 13.2 Å². The Kier molecular flexibility index (Phi) is 4.73. The Balaban J connectivity index is 2.64. The zero-order chi connectivity index (χ0) is 17.1. The Labute approximate surface area is 132 Å². The first-order valence-electron chi connectivity index (χ1n) is 7.16. The van der Waals surface area contributed by atoms with Gasteiger partial charge in [0.05, 0.1) is 36.3 Å². The van der Waals surface area contributed by atoms with Gasteiger partial charge in [0.15, 0.2) is 0 Å². The van der Waals surface area contributed by atoms with Crippen LogP contribution in [0.25, 0.3) is 5.76 Å². The molecule has 0 fully saturated rings. The summed E-state index contributed by atoms with van der Waals surface area (Å²) in [6, 6.07) is 0. The van der Waals surface area contributed by atoms with Crippen molar-refractivity contribution >= 4 is 29.4 Å². The number of anilines is 1. The molecule has 1 amide bonds. The molecule has 1 aliphatic heterocycles.